The lowest BCUT2D eigenvalue weighted by Crippen LogP contribution is -1.87. The second kappa shape index (κ2) is 4.49. The first-order valence-electron chi connectivity index (χ1n) is 7.22. The van der Waals surface area contributed by atoms with Crippen molar-refractivity contribution in [2.75, 3.05) is 0 Å². The monoisotopic (exact) mass is 272 g/mol. The van der Waals surface area contributed by atoms with Crippen LogP contribution in [0.5, 0.6) is 0 Å². The molecule has 1 aromatic heterocycles. The highest BCUT2D eigenvalue weighted by molar-refractivity contribution is 6.05. The van der Waals surface area contributed by atoms with E-state index in [-0.39, 0.29) is 0 Å². The quantitative estimate of drug-likeness (QED) is 0.422. The number of rotatable bonds is 1. The van der Waals surface area contributed by atoms with Gasteiger partial charge in [0.1, 0.15) is 11.2 Å². The molecule has 3 aromatic carbocycles. The van der Waals surface area contributed by atoms with E-state index in [0.717, 1.165) is 11.2 Å². The summed E-state index contributed by atoms with van der Waals surface area (Å²) in [4.78, 5) is 0. The summed E-state index contributed by atoms with van der Waals surface area (Å²) in [6.07, 6.45) is 0. The molecule has 0 bridgehead atoms. The Hall–Kier alpha value is -2.54. The first-order chi connectivity index (χ1) is 10.2. The maximum atomic E-state index is 5.99. The molecule has 0 spiro atoms. The number of aryl methyl sites for hydroxylation is 2. The molecule has 4 rings (SSSR count). The molecule has 1 nitrogen and oxygen atoms in total. The summed E-state index contributed by atoms with van der Waals surface area (Å²) in [6.45, 7) is 4.32. The molecule has 4 aromatic rings. The number of fused-ring (bicyclic) bond motifs is 3. The van der Waals surface area contributed by atoms with Crippen LogP contribution in [0.2, 0.25) is 0 Å². The third kappa shape index (κ3) is 1.85. The van der Waals surface area contributed by atoms with Crippen LogP contribution in [0.25, 0.3) is 33.1 Å². The molecule has 0 aliphatic rings. The van der Waals surface area contributed by atoms with Gasteiger partial charge < -0.3 is 4.42 Å². The molecule has 1 heterocycles. The first kappa shape index (κ1) is 12.2. The Labute approximate surface area is 123 Å². The maximum Gasteiger partial charge on any atom is 0.136 e. The van der Waals surface area contributed by atoms with Crippen LogP contribution in [0.15, 0.2) is 65.1 Å². The van der Waals surface area contributed by atoms with Gasteiger partial charge in [0.15, 0.2) is 0 Å². The lowest BCUT2D eigenvalue weighted by Gasteiger charge is -2.09. The molecule has 0 radical (unpaired) electrons. The third-order valence-electron chi connectivity index (χ3n) is 4.15. The van der Waals surface area contributed by atoms with Crippen LogP contribution < -0.4 is 0 Å². The lowest BCUT2D eigenvalue weighted by atomic mass is 9.95. The molecular weight excluding hydrogens is 256 g/mol. The standard InChI is InChI=1S/C20H16O/c1-13-6-5-7-14(2)20(13)15-10-11-17-16-8-3-4-9-18(16)21-19(17)12-15/h3-12H,1-2H3. The van der Waals surface area contributed by atoms with Gasteiger partial charge in [0, 0.05) is 10.8 Å². The maximum absolute atomic E-state index is 5.99. The predicted molar refractivity (Wildman–Crippen MR) is 88.6 cm³/mol. The summed E-state index contributed by atoms with van der Waals surface area (Å²) in [7, 11) is 0. The Morgan fingerprint density at radius 2 is 1.38 bits per heavy atom. The van der Waals surface area contributed by atoms with Crippen molar-refractivity contribution < 1.29 is 4.42 Å². The van der Waals surface area contributed by atoms with E-state index in [9.17, 15) is 0 Å². The van der Waals surface area contributed by atoms with Crippen molar-refractivity contribution in [1.82, 2.24) is 0 Å². The van der Waals surface area contributed by atoms with Gasteiger partial charge in [-0.2, -0.15) is 0 Å². The number of para-hydroxylation sites is 1. The molecule has 0 aliphatic carbocycles. The molecule has 21 heavy (non-hydrogen) atoms. The van der Waals surface area contributed by atoms with E-state index in [1.807, 2.05) is 12.1 Å². The molecule has 0 aliphatic heterocycles. The smallest absolute Gasteiger partial charge is 0.136 e. The van der Waals surface area contributed by atoms with Crippen molar-refractivity contribution in [2.45, 2.75) is 13.8 Å². The summed E-state index contributed by atoms with van der Waals surface area (Å²) in [6, 6.07) is 21.1. The largest absolute Gasteiger partial charge is 0.456 e. The molecule has 0 fully saturated rings. The van der Waals surface area contributed by atoms with E-state index in [2.05, 4.69) is 62.4 Å². The minimum Gasteiger partial charge on any atom is -0.456 e. The Morgan fingerprint density at radius 1 is 0.667 bits per heavy atom. The van der Waals surface area contributed by atoms with Gasteiger partial charge in [-0.3, -0.25) is 0 Å². The van der Waals surface area contributed by atoms with Gasteiger partial charge in [-0.25, -0.2) is 0 Å². The van der Waals surface area contributed by atoms with Gasteiger partial charge >= 0.3 is 0 Å². The van der Waals surface area contributed by atoms with Crippen LogP contribution in [0, 0.1) is 13.8 Å². The number of benzene rings is 3. The highest BCUT2D eigenvalue weighted by Gasteiger charge is 2.10. The van der Waals surface area contributed by atoms with E-state index in [1.165, 1.54) is 33.0 Å². The van der Waals surface area contributed by atoms with Crippen molar-refractivity contribution in [3.63, 3.8) is 0 Å². The van der Waals surface area contributed by atoms with Crippen molar-refractivity contribution >= 4 is 21.9 Å². The number of furan rings is 1. The fourth-order valence-corrected chi connectivity index (χ4v) is 3.15. The molecule has 0 saturated heterocycles. The van der Waals surface area contributed by atoms with E-state index >= 15 is 0 Å². The molecule has 1 heteroatoms. The Morgan fingerprint density at radius 3 is 2.19 bits per heavy atom. The second-order valence-corrected chi connectivity index (χ2v) is 5.58. The Bertz CT molecular complexity index is 940. The fourth-order valence-electron chi connectivity index (χ4n) is 3.15. The Balaban J connectivity index is 2.01. The average molecular weight is 272 g/mol. The molecular formula is C20H16O. The predicted octanol–water partition coefficient (Wildman–Crippen LogP) is 5.87. The van der Waals surface area contributed by atoms with E-state index in [0.29, 0.717) is 0 Å². The number of hydrogen-bond acceptors (Lipinski definition) is 1. The zero-order chi connectivity index (χ0) is 14.4. The third-order valence-corrected chi connectivity index (χ3v) is 4.15. The highest BCUT2D eigenvalue weighted by atomic mass is 16.3. The minimum atomic E-state index is 0.950. The van der Waals surface area contributed by atoms with Crippen LogP contribution in [0.1, 0.15) is 11.1 Å². The van der Waals surface area contributed by atoms with E-state index < -0.39 is 0 Å². The second-order valence-electron chi connectivity index (χ2n) is 5.58. The normalized spacial score (nSPS) is 11.3. The molecule has 0 unspecified atom stereocenters. The van der Waals surface area contributed by atoms with Gasteiger partial charge in [0.05, 0.1) is 0 Å². The molecule has 0 N–H and O–H groups in total. The fraction of sp³-hybridized carbons (Fsp3) is 0.100. The van der Waals surface area contributed by atoms with Crippen LogP contribution in [0.4, 0.5) is 0 Å². The van der Waals surface area contributed by atoms with Gasteiger partial charge in [-0.1, -0.05) is 42.5 Å². The van der Waals surface area contributed by atoms with Gasteiger partial charge in [-0.05, 0) is 54.3 Å². The SMILES string of the molecule is Cc1cccc(C)c1-c1ccc2c(c1)oc1ccccc12. The zero-order valence-corrected chi connectivity index (χ0v) is 12.2. The summed E-state index contributed by atoms with van der Waals surface area (Å²) in [5.41, 5.74) is 7.02. The van der Waals surface area contributed by atoms with Crippen LogP contribution in [-0.4, -0.2) is 0 Å². The van der Waals surface area contributed by atoms with Gasteiger partial charge in [0.25, 0.3) is 0 Å². The van der Waals surface area contributed by atoms with E-state index in [1.54, 1.807) is 0 Å². The van der Waals surface area contributed by atoms with Crippen molar-refractivity contribution in [1.29, 1.82) is 0 Å². The first-order valence-corrected chi connectivity index (χ1v) is 7.22. The van der Waals surface area contributed by atoms with Crippen LogP contribution in [-0.2, 0) is 0 Å². The van der Waals surface area contributed by atoms with Gasteiger partial charge in [-0.15, -0.1) is 0 Å². The highest BCUT2D eigenvalue weighted by Crippen LogP contribution is 2.34. The number of hydrogen-bond donors (Lipinski definition) is 0. The van der Waals surface area contributed by atoms with Crippen molar-refractivity contribution in [3.05, 3.63) is 71.8 Å². The summed E-state index contributed by atoms with van der Waals surface area (Å²) in [5, 5.41) is 2.36. The molecule has 0 amide bonds. The summed E-state index contributed by atoms with van der Waals surface area (Å²) in [5.74, 6) is 0. The summed E-state index contributed by atoms with van der Waals surface area (Å²) >= 11 is 0. The molecule has 102 valence electrons. The van der Waals surface area contributed by atoms with Crippen molar-refractivity contribution in [2.24, 2.45) is 0 Å². The topological polar surface area (TPSA) is 13.1 Å². The van der Waals surface area contributed by atoms with E-state index in [4.69, 9.17) is 4.42 Å². The average Bonchev–Trinajstić information content (AvgIpc) is 2.85. The van der Waals surface area contributed by atoms with Crippen molar-refractivity contribution in [3.8, 4) is 11.1 Å². The Kier molecular flexibility index (Phi) is 2.61. The summed E-state index contributed by atoms with van der Waals surface area (Å²) < 4.78 is 5.99. The van der Waals surface area contributed by atoms with Crippen LogP contribution in [0.3, 0.4) is 0 Å². The van der Waals surface area contributed by atoms with Crippen LogP contribution >= 0.6 is 0 Å². The van der Waals surface area contributed by atoms with Gasteiger partial charge in [0.2, 0.25) is 0 Å². The molecule has 0 atom stereocenters. The lowest BCUT2D eigenvalue weighted by molar-refractivity contribution is 0.669. The molecule has 0 saturated carbocycles. The zero-order valence-electron chi connectivity index (χ0n) is 12.2. The minimum absolute atomic E-state index is 0.950.